The molecule has 2 N–H and O–H groups in total. The number of nitrogens with one attached hydrogen (secondary N) is 2. The van der Waals surface area contributed by atoms with Gasteiger partial charge in [-0.25, -0.2) is 4.79 Å². The van der Waals surface area contributed by atoms with E-state index in [2.05, 4.69) is 25.4 Å². The Morgan fingerprint density at radius 3 is 3.15 bits per heavy atom. The van der Waals surface area contributed by atoms with Crippen LogP contribution in [0, 0.1) is 0 Å². The Kier molecular flexibility index (Phi) is 3.38. The van der Waals surface area contributed by atoms with Crippen LogP contribution in [-0.2, 0) is 11.8 Å². The van der Waals surface area contributed by atoms with Crippen molar-refractivity contribution in [2.45, 2.75) is 18.6 Å². The van der Waals surface area contributed by atoms with Crippen molar-refractivity contribution in [3.05, 3.63) is 30.3 Å². The maximum atomic E-state index is 11.9. The molecule has 8 nitrogen and oxygen atoms in total. The topological polar surface area (TPSA) is 94.2 Å². The molecule has 2 aromatic rings. The summed E-state index contributed by atoms with van der Waals surface area (Å²) in [6.45, 7) is 0.606. The lowest BCUT2D eigenvalue weighted by Gasteiger charge is -2.18. The summed E-state index contributed by atoms with van der Waals surface area (Å²) in [6.07, 6.45) is 5.62. The van der Waals surface area contributed by atoms with Gasteiger partial charge < -0.3 is 14.6 Å². The van der Waals surface area contributed by atoms with Gasteiger partial charge in [-0.1, -0.05) is 5.16 Å². The van der Waals surface area contributed by atoms with Crippen LogP contribution in [-0.4, -0.2) is 33.6 Å². The summed E-state index contributed by atoms with van der Waals surface area (Å²) < 4.78 is 12.0. The van der Waals surface area contributed by atoms with Crippen LogP contribution in [0.3, 0.4) is 0 Å². The van der Waals surface area contributed by atoms with E-state index in [9.17, 15) is 4.79 Å². The molecule has 0 aromatic carbocycles. The van der Waals surface area contributed by atoms with Gasteiger partial charge in [0.1, 0.15) is 12.4 Å². The van der Waals surface area contributed by atoms with Gasteiger partial charge in [-0.2, -0.15) is 5.10 Å². The highest BCUT2D eigenvalue weighted by Gasteiger charge is 2.31. The van der Waals surface area contributed by atoms with Crippen LogP contribution in [0.4, 0.5) is 10.6 Å². The van der Waals surface area contributed by atoms with Gasteiger partial charge in [0.15, 0.2) is 5.82 Å². The maximum absolute atomic E-state index is 11.9. The average molecular weight is 277 g/mol. The van der Waals surface area contributed by atoms with Crippen LogP contribution in [0.5, 0.6) is 0 Å². The molecule has 3 heterocycles. The van der Waals surface area contributed by atoms with E-state index in [-0.39, 0.29) is 18.2 Å². The van der Waals surface area contributed by atoms with Crippen molar-refractivity contribution >= 4 is 11.8 Å². The molecule has 0 bridgehead atoms. The number of rotatable bonds is 3. The van der Waals surface area contributed by atoms with Gasteiger partial charge in [0.2, 0.25) is 0 Å². The molecule has 1 saturated heterocycles. The number of carbonyl (C=O) groups excluding carboxylic acids is 1. The van der Waals surface area contributed by atoms with Crippen molar-refractivity contribution in [1.82, 2.24) is 20.3 Å². The fourth-order valence-electron chi connectivity index (χ4n) is 2.25. The second-order valence-electron chi connectivity index (χ2n) is 4.62. The van der Waals surface area contributed by atoms with E-state index in [1.54, 1.807) is 16.9 Å². The normalized spacial score (nSPS) is 21.9. The average Bonchev–Trinajstić information content (AvgIpc) is 3.11. The highest BCUT2D eigenvalue weighted by Crippen LogP contribution is 2.28. The fraction of sp³-hybridized carbons (Fsp3) is 0.417. The number of nitrogens with zero attached hydrogens (tertiary/aromatic N) is 3. The van der Waals surface area contributed by atoms with Crippen LogP contribution in [0.25, 0.3) is 0 Å². The quantitative estimate of drug-likeness (QED) is 0.874. The molecule has 0 saturated carbocycles. The molecule has 0 aliphatic carbocycles. The third kappa shape index (κ3) is 2.64. The summed E-state index contributed by atoms with van der Waals surface area (Å²) >= 11 is 0. The molecule has 2 aromatic heterocycles. The minimum atomic E-state index is -0.330. The third-order valence-electron chi connectivity index (χ3n) is 3.14. The van der Waals surface area contributed by atoms with E-state index in [1.807, 2.05) is 13.2 Å². The van der Waals surface area contributed by atoms with E-state index < -0.39 is 0 Å². The second kappa shape index (κ2) is 5.33. The van der Waals surface area contributed by atoms with Crippen LogP contribution >= 0.6 is 0 Å². The first kappa shape index (κ1) is 12.7. The molecule has 2 amide bonds. The molecule has 0 radical (unpaired) electrons. The van der Waals surface area contributed by atoms with Crippen LogP contribution < -0.4 is 10.6 Å². The molecule has 2 atom stereocenters. The van der Waals surface area contributed by atoms with Crippen molar-refractivity contribution < 1.29 is 14.1 Å². The zero-order chi connectivity index (χ0) is 13.9. The van der Waals surface area contributed by atoms with Gasteiger partial charge in [-0.3, -0.25) is 10.00 Å². The fourth-order valence-corrected chi connectivity index (χ4v) is 2.25. The SMILES string of the molecule is Cn1cc([C@H]2OCC[C@@H]2NC(=O)Nc2ccon2)cn1. The zero-order valence-electron chi connectivity index (χ0n) is 10.9. The Balaban J connectivity index is 1.62. The predicted octanol–water partition coefficient (Wildman–Crippen LogP) is 1.06. The first-order valence-electron chi connectivity index (χ1n) is 6.30. The van der Waals surface area contributed by atoms with Gasteiger partial charge in [-0.05, 0) is 6.42 Å². The molecular formula is C12H15N5O3. The summed E-state index contributed by atoms with van der Waals surface area (Å²) in [5.74, 6) is 0.374. The molecule has 8 heteroatoms. The number of anilines is 1. The van der Waals surface area contributed by atoms with Crippen LogP contribution in [0.1, 0.15) is 18.1 Å². The lowest BCUT2D eigenvalue weighted by atomic mass is 10.1. The molecule has 0 spiro atoms. The molecule has 0 unspecified atom stereocenters. The number of aromatic nitrogens is 3. The number of urea groups is 1. The number of aryl methyl sites for hydroxylation is 1. The third-order valence-corrected chi connectivity index (χ3v) is 3.14. The Bertz CT molecular complexity index is 580. The highest BCUT2D eigenvalue weighted by molar-refractivity contribution is 5.88. The lowest BCUT2D eigenvalue weighted by Crippen LogP contribution is -2.39. The molecule has 1 aliphatic heterocycles. The number of hydrogen-bond donors (Lipinski definition) is 2. The first-order chi connectivity index (χ1) is 9.72. The second-order valence-corrected chi connectivity index (χ2v) is 4.62. The Labute approximate surface area is 115 Å². The smallest absolute Gasteiger partial charge is 0.320 e. The van der Waals surface area contributed by atoms with Crippen molar-refractivity contribution in [2.24, 2.45) is 7.05 Å². The van der Waals surface area contributed by atoms with E-state index in [4.69, 9.17) is 4.74 Å². The summed E-state index contributed by atoms with van der Waals surface area (Å²) in [5.41, 5.74) is 0.955. The molecule has 1 fully saturated rings. The van der Waals surface area contributed by atoms with Gasteiger partial charge in [0.05, 0.1) is 12.2 Å². The molecule has 106 valence electrons. The summed E-state index contributed by atoms with van der Waals surface area (Å²) in [4.78, 5) is 11.9. The molecule has 1 aliphatic rings. The Hall–Kier alpha value is -2.35. The van der Waals surface area contributed by atoms with Gasteiger partial charge in [0, 0.05) is 31.5 Å². The zero-order valence-corrected chi connectivity index (χ0v) is 10.9. The van der Waals surface area contributed by atoms with Gasteiger partial charge >= 0.3 is 6.03 Å². The summed E-state index contributed by atoms with van der Waals surface area (Å²) in [6, 6.07) is 1.15. The van der Waals surface area contributed by atoms with E-state index in [0.717, 1.165) is 12.0 Å². The Morgan fingerprint density at radius 1 is 1.55 bits per heavy atom. The van der Waals surface area contributed by atoms with E-state index >= 15 is 0 Å². The molecule has 3 rings (SSSR count). The number of amides is 2. The van der Waals surface area contributed by atoms with Gasteiger partial charge in [0.25, 0.3) is 0 Å². The Morgan fingerprint density at radius 2 is 2.45 bits per heavy atom. The number of ether oxygens (including phenoxy) is 1. The van der Waals surface area contributed by atoms with Crippen LogP contribution in [0.2, 0.25) is 0 Å². The van der Waals surface area contributed by atoms with Crippen molar-refractivity contribution in [2.75, 3.05) is 11.9 Å². The number of carbonyl (C=O) groups is 1. The number of hydrogen-bond acceptors (Lipinski definition) is 5. The standard InChI is InChI=1S/C12H15N5O3/c1-17-7-8(6-13-17)11-9(2-4-19-11)14-12(18)15-10-3-5-20-16-10/h3,5-7,9,11H,2,4H2,1H3,(H2,14,15,16,18)/t9-,11+/m0/s1. The van der Waals surface area contributed by atoms with Crippen molar-refractivity contribution in [3.8, 4) is 0 Å². The summed E-state index contributed by atoms with van der Waals surface area (Å²) in [5, 5.41) is 13.2. The monoisotopic (exact) mass is 277 g/mol. The summed E-state index contributed by atoms with van der Waals surface area (Å²) in [7, 11) is 1.85. The van der Waals surface area contributed by atoms with Crippen molar-refractivity contribution in [1.29, 1.82) is 0 Å². The van der Waals surface area contributed by atoms with Crippen LogP contribution in [0.15, 0.2) is 29.2 Å². The predicted molar refractivity (Wildman–Crippen MR) is 69.0 cm³/mol. The highest BCUT2D eigenvalue weighted by atomic mass is 16.5. The van der Waals surface area contributed by atoms with E-state index in [1.165, 1.54) is 6.26 Å². The van der Waals surface area contributed by atoms with Gasteiger partial charge in [-0.15, -0.1) is 0 Å². The minimum Gasteiger partial charge on any atom is -0.371 e. The maximum Gasteiger partial charge on any atom is 0.320 e. The first-order valence-corrected chi connectivity index (χ1v) is 6.30. The largest absolute Gasteiger partial charge is 0.371 e. The van der Waals surface area contributed by atoms with Crippen molar-refractivity contribution in [3.63, 3.8) is 0 Å². The molecular weight excluding hydrogens is 262 g/mol. The van der Waals surface area contributed by atoms with E-state index in [0.29, 0.717) is 12.4 Å². The molecule has 20 heavy (non-hydrogen) atoms. The minimum absolute atomic E-state index is 0.0916. The lowest BCUT2D eigenvalue weighted by molar-refractivity contribution is 0.100.